The summed E-state index contributed by atoms with van der Waals surface area (Å²) in [5.41, 5.74) is 2.12. The number of amides is 1. The van der Waals surface area contributed by atoms with E-state index in [0.29, 0.717) is 11.4 Å². The Labute approximate surface area is 181 Å². The van der Waals surface area contributed by atoms with Crippen LogP contribution in [0.15, 0.2) is 65.5 Å². The molecule has 0 aliphatic heterocycles. The summed E-state index contributed by atoms with van der Waals surface area (Å²) < 4.78 is 8.46. The van der Waals surface area contributed by atoms with Crippen LogP contribution in [0.25, 0.3) is 5.69 Å². The monoisotopic (exact) mass is 421 g/mol. The van der Waals surface area contributed by atoms with Crippen molar-refractivity contribution in [3.63, 3.8) is 0 Å². The largest absolute Gasteiger partial charge is 0.453 e. The molecule has 1 N–H and O–H groups in total. The molecular weight excluding hydrogens is 394 g/mol. The van der Waals surface area contributed by atoms with Gasteiger partial charge in [0.05, 0.1) is 17.8 Å². The Balaban J connectivity index is 1.67. The van der Waals surface area contributed by atoms with Gasteiger partial charge in [-0.2, -0.15) is 0 Å². The number of esters is 1. The Bertz CT molecular complexity index is 1120. The second kappa shape index (κ2) is 9.47. The molecule has 0 aliphatic carbocycles. The molecule has 1 amide bonds. The number of carbonyl (C=O) groups excluding carboxylic acids is 2. The van der Waals surface area contributed by atoms with E-state index < -0.39 is 18.0 Å². The molecule has 1 aromatic heterocycles. The molecule has 2 aromatic carbocycles. The van der Waals surface area contributed by atoms with E-state index in [0.717, 1.165) is 5.56 Å². The lowest BCUT2D eigenvalue weighted by Crippen LogP contribution is -2.32. The molecule has 0 saturated heterocycles. The number of hydrogen-bond acceptors (Lipinski definition) is 4. The molecule has 0 bridgehead atoms. The smallest absolute Gasteiger partial charge is 0.307 e. The third-order valence-electron chi connectivity index (χ3n) is 5.32. The Morgan fingerprint density at radius 1 is 1.00 bits per heavy atom. The van der Waals surface area contributed by atoms with E-state index in [4.69, 9.17) is 4.74 Å². The Hall–Kier alpha value is -3.61. The van der Waals surface area contributed by atoms with Crippen LogP contribution >= 0.6 is 0 Å². The first-order chi connectivity index (χ1) is 14.8. The van der Waals surface area contributed by atoms with E-state index in [9.17, 15) is 14.4 Å². The molecule has 7 heteroatoms. The zero-order valence-corrected chi connectivity index (χ0v) is 18.2. The maximum atomic E-state index is 12.9. The normalized spacial score (nSPS) is 12.8. The van der Waals surface area contributed by atoms with E-state index in [2.05, 4.69) is 5.32 Å². The van der Waals surface area contributed by atoms with Gasteiger partial charge in [0.2, 0.25) is 0 Å². The van der Waals surface area contributed by atoms with Crippen molar-refractivity contribution >= 4 is 17.6 Å². The molecule has 0 saturated carbocycles. The summed E-state index contributed by atoms with van der Waals surface area (Å²) in [6.45, 7) is 5.17. The zero-order chi connectivity index (χ0) is 22.5. The van der Waals surface area contributed by atoms with Crippen molar-refractivity contribution in [1.29, 1.82) is 0 Å². The molecule has 3 rings (SSSR count). The Morgan fingerprint density at radius 3 is 2.19 bits per heavy atom. The molecule has 162 valence electrons. The van der Waals surface area contributed by atoms with Crippen LogP contribution in [0.2, 0.25) is 0 Å². The first kappa shape index (κ1) is 22.1. The number of nitrogens with one attached hydrogen (secondary N) is 1. The van der Waals surface area contributed by atoms with Crippen molar-refractivity contribution in [2.75, 3.05) is 5.32 Å². The van der Waals surface area contributed by atoms with E-state index in [1.807, 2.05) is 67.6 Å². The van der Waals surface area contributed by atoms with Crippen molar-refractivity contribution in [3.05, 3.63) is 82.3 Å². The van der Waals surface area contributed by atoms with Crippen LogP contribution in [0.3, 0.4) is 0 Å². The molecule has 2 atom stereocenters. The fourth-order valence-electron chi connectivity index (χ4n) is 3.39. The molecule has 0 radical (unpaired) electrons. The lowest BCUT2D eigenvalue weighted by Gasteiger charge is -2.15. The fraction of sp³-hybridized carbons (Fsp3) is 0.292. The predicted molar refractivity (Wildman–Crippen MR) is 119 cm³/mol. The van der Waals surface area contributed by atoms with Crippen molar-refractivity contribution in [2.45, 2.75) is 39.2 Å². The lowest BCUT2D eigenvalue weighted by molar-refractivity contribution is -0.153. The summed E-state index contributed by atoms with van der Waals surface area (Å²) in [4.78, 5) is 37.8. The van der Waals surface area contributed by atoms with Crippen LogP contribution in [0.4, 0.5) is 5.69 Å². The maximum absolute atomic E-state index is 12.9. The molecule has 7 nitrogen and oxygen atoms in total. The maximum Gasteiger partial charge on any atom is 0.307 e. The Kier molecular flexibility index (Phi) is 6.74. The average molecular weight is 421 g/mol. The van der Waals surface area contributed by atoms with E-state index in [1.54, 1.807) is 18.7 Å². The highest BCUT2D eigenvalue weighted by Gasteiger charge is 2.24. The predicted octanol–water partition coefficient (Wildman–Crippen LogP) is 3.55. The molecule has 0 unspecified atom stereocenters. The minimum atomic E-state index is -1.03. The number of anilines is 1. The number of aromatic nitrogens is 2. The van der Waals surface area contributed by atoms with Gasteiger partial charge in [-0.3, -0.25) is 19.1 Å². The van der Waals surface area contributed by atoms with Crippen LogP contribution in [0.5, 0.6) is 0 Å². The van der Waals surface area contributed by atoms with Gasteiger partial charge in [0.1, 0.15) is 5.69 Å². The second-order valence-corrected chi connectivity index (χ2v) is 7.57. The number of rotatable bonds is 7. The lowest BCUT2D eigenvalue weighted by atomic mass is 9.98. The zero-order valence-electron chi connectivity index (χ0n) is 18.2. The van der Waals surface area contributed by atoms with Crippen molar-refractivity contribution in [3.8, 4) is 5.69 Å². The van der Waals surface area contributed by atoms with E-state index in [1.165, 1.54) is 11.6 Å². The molecule has 3 aromatic rings. The topological polar surface area (TPSA) is 82.3 Å². The Morgan fingerprint density at radius 2 is 1.58 bits per heavy atom. The number of benzene rings is 2. The number of para-hydroxylation sites is 1. The second-order valence-electron chi connectivity index (χ2n) is 7.57. The number of carbonyl (C=O) groups is 2. The van der Waals surface area contributed by atoms with Crippen molar-refractivity contribution in [1.82, 2.24) is 9.36 Å². The van der Waals surface area contributed by atoms with Crippen molar-refractivity contribution in [2.24, 2.45) is 7.05 Å². The minimum Gasteiger partial charge on any atom is -0.453 e. The third-order valence-corrected chi connectivity index (χ3v) is 5.32. The van der Waals surface area contributed by atoms with Crippen LogP contribution in [-0.2, 0) is 21.4 Å². The standard InChI is InChI=1S/C24H27N3O4/c1-16(19-11-7-5-8-12-19)15-21(28)31-18(3)23(29)25-22-17(2)26(4)27(24(22)30)20-13-9-6-10-14-20/h5-14,16,18H,15H2,1-4H3,(H,25,29)/t16-,18-/m0/s1. The van der Waals surface area contributed by atoms with Crippen LogP contribution in [0.1, 0.15) is 37.4 Å². The molecule has 0 aliphatic rings. The summed E-state index contributed by atoms with van der Waals surface area (Å²) in [5, 5.41) is 2.63. The molecule has 0 fully saturated rings. The van der Waals surface area contributed by atoms with E-state index in [-0.39, 0.29) is 23.6 Å². The van der Waals surface area contributed by atoms with Crippen LogP contribution in [0, 0.1) is 6.92 Å². The van der Waals surface area contributed by atoms with Gasteiger partial charge in [0.25, 0.3) is 11.5 Å². The third kappa shape index (κ3) is 4.94. The summed E-state index contributed by atoms with van der Waals surface area (Å²) in [5.74, 6) is -1.05. The van der Waals surface area contributed by atoms with Gasteiger partial charge in [-0.05, 0) is 37.5 Å². The number of nitrogens with zero attached hydrogens (tertiary/aromatic N) is 2. The van der Waals surface area contributed by atoms with Gasteiger partial charge >= 0.3 is 5.97 Å². The first-order valence-electron chi connectivity index (χ1n) is 10.2. The number of ether oxygens (including phenoxy) is 1. The highest BCUT2D eigenvalue weighted by molar-refractivity contribution is 5.95. The fourth-order valence-corrected chi connectivity index (χ4v) is 3.39. The molecule has 1 heterocycles. The SMILES string of the molecule is Cc1c(NC(=O)[C@H](C)OC(=O)C[C@H](C)c2ccccc2)c(=O)n(-c2ccccc2)n1C. The van der Waals surface area contributed by atoms with Gasteiger partial charge in [0.15, 0.2) is 6.10 Å². The summed E-state index contributed by atoms with van der Waals surface area (Å²) >= 11 is 0. The van der Waals surface area contributed by atoms with Gasteiger partial charge in [0, 0.05) is 7.05 Å². The molecule has 0 spiro atoms. The molecule has 31 heavy (non-hydrogen) atoms. The highest BCUT2D eigenvalue weighted by atomic mass is 16.5. The average Bonchev–Trinajstić information content (AvgIpc) is 2.97. The van der Waals surface area contributed by atoms with Gasteiger partial charge in [-0.25, -0.2) is 4.68 Å². The summed E-state index contributed by atoms with van der Waals surface area (Å²) in [7, 11) is 1.74. The van der Waals surface area contributed by atoms with Gasteiger partial charge in [-0.15, -0.1) is 0 Å². The molecular formula is C24H27N3O4. The highest BCUT2D eigenvalue weighted by Crippen LogP contribution is 2.20. The van der Waals surface area contributed by atoms with Gasteiger partial charge < -0.3 is 10.1 Å². The summed E-state index contributed by atoms with van der Waals surface area (Å²) in [6.07, 6.45) is -0.869. The number of hydrogen-bond donors (Lipinski definition) is 1. The van der Waals surface area contributed by atoms with E-state index >= 15 is 0 Å². The van der Waals surface area contributed by atoms with Crippen molar-refractivity contribution < 1.29 is 14.3 Å². The minimum absolute atomic E-state index is 0.0293. The first-order valence-corrected chi connectivity index (χ1v) is 10.2. The summed E-state index contributed by atoms with van der Waals surface area (Å²) in [6, 6.07) is 18.8. The van der Waals surface area contributed by atoms with Crippen LogP contribution < -0.4 is 10.9 Å². The van der Waals surface area contributed by atoms with Crippen LogP contribution in [-0.4, -0.2) is 27.3 Å². The van der Waals surface area contributed by atoms with Gasteiger partial charge in [-0.1, -0.05) is 55.5 Å². The quantitative estimate of drug-likeness (QED) is 0.592.